The highest BCUT2D eigenvalue weighted by Crippen LogP contribution is 2.42. The fourth-order valence-electron chi connectivity index (χ4n) is 4.31. The van der Waals surface area contributed by atoms with Gasteiger partial charge in [0.25, 0.3) is 0 Å². The number of rotatable bonds is 7. The Labute approximate surface area is 156 Å². The quantitative estimate of drug-likeness (QED) is 0.732. The molecule has 0 spiro atoms. The Morgan fingerprint density at radius 3 is 2.69 bits per heavy atom. The van der Waals surface area contributed by atoms with Crippen LogP contribution >= 0.6 is 0 Å². The third-order valence-corrected chi connectivity index (χ3v) is 5.61. The van der Waals surface area contributed by atoms with E-state index in [1.165, 1.54) is 48.9 Å². The summed E-state index contributed by atoms with van der Waals surface area (Å²) in [5, 5.41) is 3.91. The molecule has 0 saturated carbocycles. The molecule has 0 bridgehead atoms. The van der Waals surface area contributed by atoms with Crippen LogP contribution in [-0.2, 0) is 5.66 Å². The number of nitrogens with one attached hydrogen (secondary N) is 1. The minimum atomic E-state index is -0.223. The summed E-state index contributed by atoms with van der Waals surface area (Å²) in [5.41, 5.74) is 3.47. The lowest BCUT2D eigenvalue weighted by molar-refractivity contribution is 0.195. The van der Waals surface area contributed by atoms with E-state index in [4.69, 9.17) is 4.99 Å². The molecule has 2 aliphatic heterocycles. The lowest BCUT2D eigenvalue weighted by Crippen LogP contribution is -2.56. The molecular weight excluding hydrogens is 320 g/mol. The number of nitrogens with zero attached hydrogens (tertiary/aromatic N) is 3. The number of pyridine rings is 1. The first kappa shape index (κ1) is 17.1. The van der Waals surface area contributed by atoms with E-state index < -0.39 is 0 Å². The SMILES string of the molecule is CCCCCCCC1(c2ccncc2)Nc2ccccc2C2=NCCN21. The number of anilines is 1. The number of hydrogen-bond acceptors (Lipinski definition) is 4. The molecule has 0 saturated heterocycles. The standard InChI is InChI=1S/C22H28N4/c1-2-3-4-5-8-13-22(18-11-14-23-15-12-18)25-20-10-7-6-9-19(20)21-24-16-17-26(21)22/h6-7,9-12,14-15,25H,2-5,8,13,16-17H2,1H3. The summed E-state index contributed by atoms with van der Waals surface area (Å²) in [6.07, 6.45) is 11.3. The van der Waals surface area contributed by atoms with Crippen molar-refractivity contribution >= 4 is 11.5 Å². The van der Waals surface area contributed by atoms with Crippen LogP contribution in [0.25, 0.3) is 0 Å². The van der Waals surface area contributed by atoms with E-state index in [0.29, 0.717) is 0 Å². The van der Waals surface area contributed by atoms with Gasteiger partial charge in [0.1, 0.15) is 11.5 Å². The van der Waals surface area contributed by atoms with Crippen LogP contribution in [0.5, 0.6) is 0 Å². The predicted octanol–water partition coefficient (Wildman–Crippen LogP) is 4.78. The number of fused-ring (bicyclic) bond motifs is 3. The molecule has 0 fully saturated rings. The number of benzene rings is 1. The minimum absolute atomic E-state index is 0.223. The summed E-state index contributed by atoms with van der Waals surface area (Å²) in [6.45, 7) is 4.10. The van der Waals surface area contributed by atoms with Gasteiger partial charge in [-0.25, -0.2) is 0 Å². The third kappa shape index (κ3) is 2.98. The van der Waals surface area contributed by atoms with E-state index in [0.717, 1.165) is 25.3 Å². The number of hydrogen-bond donors (Lipinski definition) is 1. The van der Waals surface area contributed by atoms with Crippen molar-refractivity contribution < 1.29 is 0 Å². The second-order valence-corrected chi connectivity index (χ2v) is 7.29. The van der Waals surface area contributed by atoms with Crippen molar-refractivity contribution in [3.05, 3.63) is 59.9 Å². The maximum absolute atomic E-state index is 4.86. The monoisotopic (exact) mass is 348 g/mol. The lowest BCUT2D eigenvalue weighted by Gasteiger charge is -2.49. The molecule has 26 heavy (non-hydrogen) atoms. The van der Waals surface area contributed by atoms with Crippen molar-refractivity contribution in [2.75, 3.05) is 18.4 Å². The maximum atomic E-state index is 4.86. The molecule has 0 aliphatic carbocycles. The van der Waals surface area contributed by atoms with E-state index in [9.17, 15) is 0 Å². The molecule has 136 valence electrons. The molecule has 0 amide bonds. The summed E-state index contributed by atoms with van der Waals surface area (Å²) < 4.78 is 0. The zero-order chi connectivity index (χ0) is 17.8. The van der Waals surface area contributed by atoms with Crippen molar-refractivity contribution in [2.45, 2.75) is 51.1 Å². The summed E-state index contributed by atoms with van der Waals surface area (Å²) in [6, 6.07) is 12.9. The number of aliphatic imine (C=N–C) groups is 1. The third-order valence-electron chi connectivity index (χ3n) is 5.61. The molecule has 4 heteroatoms. The highest BCUT2D eigenvalue weighted by Gasteiger charge is 2.45. The first-order valence-corrected chi connectivity index (χ1v) is 9.95. The van der Waals surface area contributed by atoms with Gasteiger partial charge < -0.3 is 10.2 Å². The van der Waals surface area contributed by atoms with Crippen molar-refractivity contribution in [2.24, 2.45) is 4.99 Å². The molecule has 1 atom stereocenters. The van der Waals surface area contributed by atoms with Gasteiger partial charge in [-0.2, -0.15) is 0 Å². The first-order chi connectivity index (χ1) is 12.8. The molecule has 4 rings (SSSR count). The maximum Gasteiger partial charge on any atom is 0.138 e. The van der Waals surface area contributed by atoms with Crippen LogP contribution < -0.4 is 5.32 Å². The van der Waals surface area contributed by atoms with Gasteiger partial charge in [0.2, 0.25) is 0 Å². The van der Waals surface area contributed by atoms with Crippen molar-refractivity contribution in [1.29, 1.82) is 0 Å². The van der Waals surface area contributed by atoms with Crippen molar-refractivity contribution in [3.63, 3.8) is 0 Å². The largest absolute Gasteiger partial charge is 0.358 e. The van der Waals surface area contributed by atoms with E-state index in [1.54, 1.807) is 0 Å². The Balaban J connectivity index is 1.70. The molecule has 3 heterocycles. The number of amidine groups is 1. The Morgan fingerprint density at radius 2 is 1.85 bits per heavy atom. The van der Waals surface area contributed by atoms with Gasteiger partial charge in [-0.15, -0.1) is 0 Å². The van der Waals surface area contributed by atoms with E-state index in [-0.39, 0.29) is 5.66 Å². The van der Waals surface area contributed by atoms with Crippen LogP contribution in [-0.4, -0.2) is 28.8 Å². The van der Waals surface area contributed by atoms with Crippen LogP contribution in [0.4, 0.5) is 5.69 Å². The second kappa shape index (κ2) is 7.48. The molecule has 1 aromatic carbocycles. The van der Waals surface area contributed by atoms with Gasteiger partial charge in [0.15, 0.2) is 0 Å². The Bertz CT molecular complexity index is 771. The Morgan fingerprint density at radius 1 is 1.04 bits per heavy atom. The van der Waals surface area contributed by atoms with Crippen LogP contribution in [0.15, 0.2) is 53.8 Å². The summed E-state index contributed by atoms with van der Waals surface area (Å²) in [5.74, 6) is 1.14. The molecule has 0 radical (unpaired) electrons. The smallest absolute Gasteiger partial charge is 0.138 e. The Hall–Kier alpha value is -2.36. The van der Waals surface area contributed by atoms with E-state index >= 15 is 0 Å². The van der Waals surface area contributed by atoms with Crippen molar-refractivity contribution in [3.8, 4) is 0 Å². The molecule has 1 unspecified atom stereocenters. The molecule has 1 aromatic heterocycles. The number of aromatic nitrogens is 1. The highest BCUT2D eigenvalue weighted by atomic mass is 15.4. The lowest BCUT2D eigenvalue weighted by atomic mass is 9.88. The average Bonchev–Trinajstić information content (AvgIpc) is 3.19. The van der Waals surface area contributed by atoms with Gasteiger partial charge in [0, 0.05) is 35.8 Å². The van der Waals surface area contributed by atoms with Crippen LogP contribution in [0, 0.1) is 0 Å². The summed E-state index contributed by atoms with van der Waals surface area (Å²) in [7, 11) is 0. The first-order valence-electron chi connectivity index (χ1n) is 9.95. The van der Waals surface area contributed by atoms with Gasteiger partial charge in [0.05, 0.1) is 6.54 Å². The van der Waals surface area contributed by atoms with Gasteiger partial charge >= 0.3 is 0 Å². The van der Waals surface area contributed by atoms with Crippen LogP contribution in [0.3, 0.4) is 0 Å². The van der Waals surface area contributed by atoms with Gasteiger partial charge in [-0.1, -0.05) is 44.7 Å². The molecular formula is C22H28N4. The van der Waals surface area contributed by atoms with Crippen molar-refractivity contribution in [1.82, 2.24) is 9.88 Å². The highest BCUT2D eigenvalue weighted by molar-refractivity contribution is 6.06. The number of para-hydroxylation sites is 1. The average molecular weight is 348 g/mol. The zero-order valence-corrected chi connectivity index (χ0v) is 15.6. The zero-order valence-electron chi connectivity index (χ0n) is 15.6. The van der Waals surface area contributed by atoms with E-state index in [1.807, 2.05) is 12.4 Å². The minimum Gasteiger partial charge on any atom is -0.358 e. The fourth-order valence-corrected chi connectivity index (χ4v) is 4.31. The molecule has 4 nitrogen and oxygen atoms in total. The number of unbranched alkanes of at least 4 members (excludes halogenated alkanes) is 4. The molecule has 2 aliphatic rings. The van der Waals surface area contributed by atoms with Crippen LogP contribution in [0.1, 0.15) is 56.6 Å². The molecule has 2 aromatic rings. The summed E-state index contributed by atoms with van der Waals surface area (Å²) in [4.78, 5) is 11.6. The van der Waals surface area contributed by atoms with E-state index in [2.05, 4.69) is 58.5 Å². The Kier molecular flexibility index (Phi) is 4.91. The normalized spacial score (nSPS) is 21.0. The van der Waals surface area contributed by atoms with Gasteiger partial charge in [-0.05, 0) is 37.1 Å². The topological polar surface area (TPSA) is 40.5 Å². The fraction of sp³-hybridized carbons (Fsp3) is 0.455. The summed E-state index contributed by atoms with van der Waals surface area (Å²) >= 11 is 0. The van der Waals surface area contributed by atoms with Crippen LogP contribution in [0.2, 0.25) is 0 Å². The predicted molar refractivity (Wildman–Crippen MR) is 107 cm³/mol. The van der Waals surface area contributed by atoms with Gasteiger partial charge in [-0.3, -0.25) is 9.98 Å². The second-order valence-electron chi connectivity index (χ2n) is 7.29. The molecule has 1 N–H and O–H groups in total.